The van der Waals surface area contributed by atoms with Gasteiger partial charge in [-0.1, -0.05) is 24.3 Å². The highest BCUT2D eigenvalue weighted by atomic mass is 32.2. The van der Waals surface area contributed by atoms with E-state index in [-0.39, 0.29) is 6.03 Å². The van der Waals surface area contributed by atoms with Crippen LogP contribution in [0, 0.1) is 0 Å². The zero-order valence-corrected chi connectivity index (χ0v) is 16.8. The summed E-state index contributed by atoms with van der Waals surface area (Å²) in [4.78, 5) is 21.2. The molecule has 1 aromatic heterocycles. The largest absolute Gasteiger partial charge is 0.362 e. The minimum atomic E-state index is -0.204. The number of para-hydroxylation sites is 1. The van der Waals surface area contributed by atoms with Crippen molar-refractivity contribution in [3.63, 3.8) is 0 Å². The number of rotatable bonds is 6. The fraction of sp³-hybridized carbons (Fsp3) is 0.400. The van der Waals surface area contributed by atoms with Gasteiger partial charge < -0.3 is 15.5 Å². The zero-order valence-electron chi connectivity index (χ0n) is 15.9. The van der Waals surface area contributed by atoms with Gasteiger partial charge in [0, 0.05) is 69.2 Å². The first-order valence-electron chi connectivity index (χ1n) is 9.17. The molecule has 1 saturated heterocycles. The van der Waals surface area contributed by atoms with Crippen LogP contribution >= 0.6 is 11.8 Å². The maximum atomic E-state index is 12.4. The maximum absolute atomic E-state index is 12.4. The predicted octanol–water partition coefficient (Wildman–Crippen LogP) is 3.02. The summed E-state index contributed by atoms with van der Waals surface area (Å²) in [6, 6.07) is 11.7. The predicted molar refractivity (Wildman–Crippen MR) is 113 cm³/mol. The molecule has 2 aromatic rings. The molecule has 2 heterocycles. The number of benzene rings is 1. The Labute approximate surface area is 165 Å². The Morgan fingerprint density at radius 3 is 2.67 bits per heavy atom. The Morgan fingerprint density at radius 2 is 1.89 bits per heavy atom. The third kappa shape index (κ3) is 5.61. The number of aromatic nitrogens is 1. The van der Waals surface area contributed by atoms with Crippen LogP contribution in [0.3, 0.4) is 0 Å². The number of hydrogen-bond donors (Lipinski definition) is 2. The maximum Gasteiger partial charge on any atom is 0.319 e. The van der Waals surface area contributed by atoms with Crippen LogP contribution in [0.5, 0.6) is 0 Å². The number of anilines is 2. The van der Waals surface area contributed by atoms with E-state index in [0.717, 1.165) is 42.3 Å². The summed E-state index contributed by atoms with van der Waals surface area (Å²) in [6.45, 7) is 3.49. The van der Waals surface area contributed by atoms with Gasteiger partial charge in [-0.3, -0.25) is 4.90 Å². The molecule has 3 rings (SSSR count). The van der Waals surface area contributed by atoms with Crippen LogP contribution in [0.4, 0.5) is 16.3 Å². The van der Waals surface area contributed by atoms with E-state index < -0.39 is 0 Å². The van der Waals surface area contributed by atoms with Gasteiger partial charge in [-0.15, -0.1) is 0 Å². The zero-order chi connectivity index (χ0) is 19.1. The molecule has 1 aliphatic heterocycles. The molecule has 0 spiro atoms. The topological polar surface area (TPSA) is 60.5 Å². The Kier molecular flexibility index (Phi) is 6.95. The Bertz CT molecular complexity index is 762. The van der Waals surface area contributed by atoms with E-state index in [4.69, 9.17) is 0 Å². The van der Waals surface area contributed by atoms with Gasteiger partial charge in [0.25, 0.3) is 0 Å². The number of pyridine rings is 1. The monoisotopic (exact) mass is 385 g/mol. The summed E-state index contributed by atoms with van der Waals surface area (Å²) in [5, 5.41) is 5.94. The molecule has 144 valence electrons. The summed E-state index contributed by atoms with van der Waals surface area (Å²) < 4.78 is 0. The second-order valence-electron chi connectivity index (χ2n) is 6.73. The molecule has 2 amide bonds. The molecule has 1 fully saturated rings. The molecule has 0 atom stereocenters. The van der Waals surface area contributed by atoms with Crippen molar-refractivity contribution in [1.29, 1.82) is 0 Å². The van der Waals surface area contributed by atoms with Crippen LogP contribution in [-0.2, 0) is 13.1 Å². The molecular weight excluding hydrogens is 358 g/mol. The van der Waals surface area contributed by atoms with Crippen molar-refractivity contribution in [2.75, 3.05) is 48.9 Å². The smallest absolute Gasteiger partial charge is 0.319 e. The van der Waals surface area contributed by atoms with Crippen molar-refractivity contribution >= 4 is 29.3 Å². The van der Waals surface area contributed by atoms with Crippen LogP contribution in [0.1, 0.15) is 11.1 Å². The van der Waals surface area contributed by atoms with E-state index >= 15 is 0 Å². The van der Waals surface area contributed by atoms with Crippen molar-refractivity contribution in [2.24, 2.45) is 0 Å². The van der Waals surface area contributed by atoms with Crippen molar-refractivity contribution < 1.29 is 4.79 Å². The highest BCUT2D eigenvalue weighted by Crippen LogP contribution is 2.20. The molecule has 2 N–H and O–H groups in total. The second kappa shape index (κ2) is 9.62. The average Bonchev–Trinajstić information content (AvgIpc) is 2.69. The average molecular weight is 386 g/mol. The van der Waals surface area contributed by atoms with Crippen molar-refractivity contribution in [2.45, 2.75) is 13.1 Å². The molecule has 0 saturated carbocycles. The first kappa shape index (κ1) is 19.5. The number of amides is 2. The van der Waals surface area contributed by atoms with Gasteiger partial charge in [0.1, 0.15) is 5.82 Å². The van der Waals surface area contributed by atoms with E-state index in [0.29, 0.717) is 6.54 Å². The van der Waals surface area contributed by atoms with Gasteiger partial charge in [0.15, 0.2) is 0 Å². The van der Waals surface area contributed by atoms with Crippen molar-refractivity contribution in [3.8, 4) is 0 Å². The Morgan fingerprint density at radius 1 is 1.15 bits per heavy atom. The van der Waals surface area contributed by atoms with E-state index in [1.54, 1.807) is 6.20 Å². The molecular formula is C20H27N5OS. The lowest BCUT2D eigenvalue weighted by molar-refractivity contribution is 0.251. The Balaban J connectivity index is 1.60. The third-order valence-corrected chi connectivity index (χ3v) is 5.44. The third-order valence-electron chi connectivity index (χ3n) is 4.49. The summed E-state index contributed by atoms with van der Waals surface area (Å²) in [6.07, 6.45) is 1.76. The lowest BCUT2D eigenvalue weighted by Gasteiger charge is -2.27. The van der Waals surface area contributed by atoms with Crippen LogP contribution in [-0.4, -0.2) is 54.6 Å². The van der Waals surface area contributed by atoms with Crippen molar-refractivity contribution in [1.82, 2.24) is 15.2 Å². The molecule has 27 heavy (non-hydrogen) atoms. The van der Waals surface area contributed by atoms with E-state index in [1.807, 2.05) is 61.1 Å². The van der Waals surface area contributed by atoms with E-state index in [1.165, 1.54) is 11.5 Å². The van der Waals surface area contributed by atoms with Crippen LogP contribution in [0.15, 0.2) is 42.6 Å². The molecule has 0 unspecified atom stereocenters. The number of hydrogen-bond acceptors (Lipinski definition) is 5. The number of carbonyl (C=O) groups excluding carboxylic acids is 1. The molecule has 1 aliphatic rings. The van der Waals surface area contributed by atoms with Gasteiger partial charge in [-0.2, -0.15) is 11.8 Å². The molecule has 1 aromatic carbocycles. The number of carbonyl (C=O) groups is 1. The fourth-order valence-electron chi connectivity index (χ4n) is 3.09. The quantitative estimate of drug-likeness (QED) is 0.800. The normalized spacial score (nSPS) is 14.6. The van der Waals surface area contributed by atoms with Gasteiger partial charge in [0.05, 0.1) is 0 Å². The van der Waals surface area contributed by atoms with E-state index in [2.05, 4.69) is 26.6 Å². The lowest BCUT2D eigenvalue weighted by Crippen LogP contribution is -2.33. The number of nitrogens with one attached hydrogen (secondary N) is 2. The minimum absolute atomic E-state index is 0.204. The molecule has 7 heteroatoms. The summed E-state index contributed by atoms with van der Waals surface area (Å²) in [7, 11) is 3.89. The minimum Gasteiger partial charge on any atom is -0.362 e. The first-order chi connectivity index (χ1) is 13.1. The summed E-state index contributed by atoms with van der Waals surface area (Å²) in [5.74, 6) is 3.21. The first-order valence-corrected chi connectivity index (χ1v) is 10.3. The van der Waals surface area contributed by atoms with Gasteiger partial charge >= 0.3 is 6.03 Å². The van der Waals surface area contributed by atoms with Gasteiger partial charge in [-0.05, 0) is 17.7 Å². The Hall–Kier alpha value is -2.25. The molecule has 0 bridgehead atoms. The van der Waals surface area contributed by atoms with Gasteiger partial charge in [0.2, 0.25) is 0 Å². The van der Waals surface area contributed by atoms with Crippen LogP contribution in [0.25, 0.3) is 0 Å². The van der Waals surface area contributed by atoms with E-state index in [9.17, 15) is 4.79 Å². The summed E-state index contributed by atoms with van der Waals surface area (Å²) >= 11 is 2.00. The molecule has 6 nitrogen and oxygen atoms in total. The lowest BCUT2D eigenvalue weighted by atomic mass is 10.1. The fourth-order valence-corrected chi connectivity index (χ4v) is 4.07. The second-order valence-corrected chi connectivity index (χ2v) is 7.96. The molecule has 0 radical (unpaired) electrons. The molecule has 0 aliphatic carbocycles. The standard InChI is InChI=1S/C20H27N5OS/c1-24(2)19-16(7-5-9-21-19)14-22-20(26)23-18-8-4-3-6-17(18)15-25-10-12-27-13-11-25/h3-9H,10-15H2,1-2H3,(H2,22,23,26). The number of thioether (sulfide) groups is 1. The SMILES string of the molecule is CN(C)c1ncccc1CNC(=O)Nc1ccccc1CN1CCSCC1. The summed E-state index contributed by atoms with van der Waals surface area (Å²) in [5.41, 5.74) is 3.00. The number of nitrogens with zero attached hydrogens (tertiary/aromatic N) is 3. The van der Waals surface area contributed by atoms with Gasteiger partial charge in [-0.25, -0.2) is 9.78 Å². The van der Waals surface area contributed by atoms with Crippen molar-refractivity contribution in [3.05, 3.63) is 53.7 Å². The van der Waals surface area contributed by atoms with Crippen LogP contribution < -0.4 is 15.5 Å². The van der Waals surface area contributed by atoms with Crippen LogP contribution in [0.2, 0.25) is 0 Å². The number of urea groups is 1. The highest BCUT2D eigenvalue weighted by molar-refractivity contribution is 7.99. The highest BCUT2D eigenvalue weighted by Gasteiger charge is 2.14.